The molecule has 3 rings (SSSR count). The number of hydrogen-bond acceptors (Lipinski definition) is 4. The molecule has 0 heterocycles. The van der Waals surface area contributed by atoms with Gasteiger partial charge in [0.1, 0.15) is 0 Å². The van der Waals surface area contributed by atoms with Crippen LogP contribution in [0.5, 0.6) is 0 Å². The summed E-state index contributed by atoms with van der Waals surface area (Å²) >= 11 is 0. The van der Waals surface area contributed by atoms with E-state index in [1.807, 2.05) is 61.5 Å². The normalized spacial score (nSPS) is 14.2. The molecule has 28 heavy (non-hydrogen) atoms. The summed E-state index contributed by atoms with van der Waals surface area (Å²) in [5.74, 6) is 0. The van der Waals surface area contributed by atoms with Crippen LogP contribution >= 0.6 is 0 Å². The van der Waals surface area contributed by atoms with Crippen molar-refractivity contribution >= 4 is 26.5 Å². The summed E-state index contributed by atoms with van der Waals surface area (Å²) in [7, 11) is 1.57. The molecule has 2 atom stereocenters. The Morgan fingerprint density at radius 3 is 2.07 bits per heavy atom. The van der Waals surface area contributed by atoms with Crippen LogP contribution in [-0.2, 0) is 10.0 Å². The Bertz CT molecular complexity index is 1070. The lowest BCUT2D eigenvalue weighted by Crippen LogP contribution is -2.39. The molecular formula is C22H26N2O3S. The van der Waals surface area contributed by atoms with Crippen LogP contribution in [-0.4, -0.2) is 45.0 Å². The Labute approximate surface area is 166 Å². The number of hydrogen-bond donors (Lipinski definition) is 1. The maximum Gasteiger partial charge on any atom is 0.243 e. The van der Waals surface area contributed by atoms with Gasteiger partial charge in [0.05, 0.1) is 17.0 Å². The van der Waals surface area contributed by atoms with Gasteiger partial charge >= 0.3 is 0 Å². The van der Waals surface area contributed by atoms with Crippen LogP contribution in [0.4, 0.5) is 5.69 Å². The molecule has 0 aliphatic heterocycles. The first-order valence-corrected chi connectivity index (χ1v) is 10.6. The maximum atomic E-state index is 13.4. The van der Waals surface area contributed by atoms with E-state index in [-0.39, 0.29) is 4.90 Å². The van der Waals surface area contributed by atoms with E-state index in [1.165, 1.54) is 11.4 Å². The van der Waals surface area contributed by atoms with Gasteiger partial charge in [0, 0.05) is 37.6 Å². The quantitative estimate of drug-likeness (QED) is 0.689. The van der Waals surface area contributed by atoms with E-state index < -0.39 is 22.2 Å². The number of sulfonamides is 1. The van der Waals surface area contributed by atoms with E-state index >= 15 is 0 Å². The van der Waals surface area contributed by atoms with Gasteiger partial charge in [0.15, 0.2) is 0 Å². The molecule has 3 aromatic rings. The molecule has 0 aromatic heterocycles. The first-order valence-electron chi connectivity index (χ1n) is 9.15. The average Bonchev–Trinajstić information content (AvgIpc) is 2.71. The molecule has 0 saturated heterocycles. The number of rotatable bonds is 6. The van der Waals surface area contributed by atoms with Crippen LogP contribution in [0.25, 0.3) is 10.8 Å². The Morgan fingerprint density at radius 2 is 1.43 bits per heavy atom. The number of aliphatic hydroxyl groups excluding tert-OH is 1. The van der Waals surface area contributed by atoms with Crippen molar-refractivity contribution in [3.8, 4) is 0 Å². The lowest BCUT2D eigenvalue weighted by atomic mass is 10.0. The topological polar surface area (TPSA) is 60.9 Å². The molecule has 0 fully saturated rings. The standard InChI is InChI=1S/C22H26N2O3S/c1-16(22(25)17-10-6-5-7-11-17)24(4)28(26,27)21-15-9-12-18-19(21)13-8-14-20(18)23(2)3/h5-16,22,25H,1-4H3/t16-,22?/m0/s1. The van der Waals surface area contributed by atoms with Crippen molar-refractivity contribution in [2.24, 2.45) is 0 Å². The first kappa shape index (κ1) is 20.3. The Kier molecular flexibility index (Phi) is 5.74. The molecule has 0 bridgehead atoms. The van der Waals surface area contributed by atoms with E-state index in [9.17, 15) is 13.5 Å². The second-order valence-corrected chi connectivity index (χ2v) is 9.11. The summed E-state index contributed by atoms with van der Waals surface area (Å²) in [6, 6.07) is 19.4. The van der Waals surface area contributed by atoms with Crippen molar-refractivity contribution in [2.75, 3.05) is 26.0 Å². The smallest absolute Gasteiger partial charge is 0.243 e. The summed E-state index contributed by atoms with van der Waals surface area (Å²) in [6.45, 7) is 1.71. The highest BCUT2D eigenvalue weighted by molar-refractivity contribution is 7.89. The lowest BCUT2D eigenvalue weighted by Gasteiger charge is -2.29. The fourth-order valence-electron chi connectivity index (χ4n) is 3.38. The minimum Gasteiger partial charge on any atom is -0.387 e. The van der Waals surface area contributed by atoms with E-state index in [2.05, 4.69) is 0 Å². The molecule has 0 spiro atoms. The van der Waals surface area contributed by atoms with Crippen LogP contribution in [0, 0.1) is 0 Å². The fourth-order valence-corrected chi connectivity index (χ4v) is 4.95. The highest BCUT2D eigenvalue weighted by atomic mass is 32.2. The zero-order valence-electron chi connectivity index (χ0n) is 16.6. The third kappa shape index (κ3) is 3.63. The molecule has 1 N–H and O–H groups in total. The van der Waals surface area contributed by atoms with Crippen LogP contribution in [0.2, 0.25) is 0 Å². The number of likely N-dealkylation sites (N-methyl/N-ethyl adjacent to an activating group) is 1. The lowest BCUT2D eigenvalue weighted by molar-refractivity contribution is 0.108. The fraction of sp³-hybridized carbons (Fsp3) is 0.273. The number of anilines is 1. The van der Waals surface area contributed by atoms with Crippen LogP contribution in [0.15, 0.2) is 71.6 Å². The first-order chi connectivity index (χ1) is 13.2. The molecule has 6 heteroatoms. The molecule has 1 unspecified atom stereocenters. The number of benzene rings is 3. The van der Waals surface area contributed by atoms with Crippen LogP contribution in [0.1, 0.15) is 18.6 Å². The van der Waals surface area contributed by atoms with Crippen LogP contribution < -0.4 is 4.90 Å². The molecular weight excluding hydrogens is 372 g/mol. The van der Waals surface area contributed by atoms with Gasteiger partial charge in [-0.3, -0.25) is 0 Å². The molecule has 0 aliphatic carbocycles. The second kappa shape index (κ2) is 7.91. The molecule has 0 saturated carbocycles. The van der Waals surface area contributed by atoms with E-state index in [0.717, 1.165) is 11.1 Å². The summed E-state index contributed by atoms with van der Waals surface area (Å²) in [5, 5.41) is 12.2. The van der Waals surface area contributed by atoms with Crippen molar-refractivity contribution in [1.82, 2.24) is 4.31 Å². The highest BCUT2D eigenvalue weighted by Crippen LogP contribution is 2.33. The van der Waals surface area contributed by atoms with Crippen molar-refractivity contribution in [3.63, 3.8) is 0 Å². The molecule has 3 aromatic carbocycles. The molecule has 0 aliphatic rings. The zero-order chi connectivity index (χ0) is 20.5. The SMILES string of the molecule is C[C@@H](C(O)c1ccccc1)N(C)S(=O)(=O)c1cccc2c(N(C)C)cccc12. The van der Waals surface area contributed by atoms with Gasteiger partial charge in [-0.25, -0.2) is 8.42 Å². The maximum absolute atomic E-state index is 13.4. The minimum atomic E-state index is -3.81. The predicted molar refractivity (Wildman–Crippen MR) is 114 cm³/mol. The van der Waals surface area contributed by atoms with Gasteiger partial charge < -0.3 is 10.0 Å². The molecule has 148 valence electrons. The van der Waals surface area contributed by atoms with E-state index in [4.69, 9.17) is 0 Å². The highest BCUT2D eigenvalue weighted by Gasteiger charge is 2.31. The number of nitrogens with zero attached hydrogens (tertiary/aromatic N) is 2. The largest absolute Gasteiger partial charge is 0.387 e. The van der Waals surface area contributed by atoms with Gasteiger partial charge in [0.2, 0.25) is 10.0 Å². The summed E-state index contributed by atoms with van der Waals surface area (Å²) in [6.07, 6.45) is -0.923. The number of fused-ring (bicyclic) bond motifs is 1. The number of aliphatic hydroxyl groups is 1. The third-order valence-corrected chi connectivity index (χ3v) is 7.17. The summed E-state index contributed by atoms with van der Waals surface area (Å²) in [5.41, 5.74) is 1.64. The van der Waals surface area contributed by atoms with Gasteiger partial charge in [0.25, 0.3) is 0 Å². The van der Waals surface area contributed by atoms with Crippen LogP contribution in [0.3, 0.4) is 0 Å². The minimum absolute atomic E-state index is 0.239. The van der Waals surface area contributed by atoms with Gasteiger partial charge in [-0.05, 0) is 24.6 Å². The Hall–Kier alpha value is -2.41. The summed E-state index contributed by atoms with van der Waals surface area (Å²) < 4.78 is 28.1. The second-order valence-electron chi connectivity index (χ2n) is 7.14. The van der Waals surface area contributed by atoms with Crippen molar-refractivity contribution in [2.45, 2.75) is 24.0 Å². The Balaban J connectivity index is 2.04. The molecule has 5 nitrogen and oxygen atoms in total. The summed E-state index contributed by atoms with van der Waals surface area (Å²) in [4.78, 5) is 2.20. The van der Waals surface area contributed by atoms with Gasteiger partial charge in [-0.2, -0.15) is 4.31 Å². The third-order valence-electron chi connectivity index (χ3n) is 5.17. The van der Waals surface area contributed by atoms with Crippen molar-refractivity contribution < 1.29 is 13.5 Å². The van der Waals surface area contributed by atoms with Crippen molar-refractivity contribution in [1.29, 1.82) is 0 Å². The Morgan fingerprint density at radius 1 is 0.821 bits per heavy atom. The average molecular weight is 399 g/mol. The van der Waals surface area contributed by atoms with Crippen molar-refractivity contribution in [3.05, 3.63) is 72.3 Å². The molecule has 0 amide bonds. The van der Waals surface area contributed by atoms with E-state index in [0.29, 0.717) is 10.9 Å². The predicted octanol–water partition coefficient (Wildman–Crippen LogP) is 3.65. The zero-order valence-corrected chi connectivity index (χ0v) is 17.4. The monoisotopic (exact) mass is 398 g/mol. The van der Waals surface area contributed by atoms with E-state index in [1.54, 1.807) is 31.2 Å². The van der Waals surface area contributed by atoms with Gasteiger partial charge in [-0.1, -0.05) is 54.6 Å². The molecule has 0 radical (unpaired) electrons. The van der Waals surface area contributed by atoms with Gasteiger partial charge in [-0.15, -0.1) is 0 Å².